The molecule has 12 heteroatoms. The van der Waals surface area contributed by atoms with Crippen LogP contribution in [0.5, 0.6) is 5.75 Å². The summed E-state index contributed by atoms with van der Waals surface area (Å²) in [4.78, 5) is 76.2. The number of carbonyl (C=O) groups excluding carboxylic acids is 4. The first-order valence-electron chi connectivity index (χ1n) is 16.2. The molecule has 4 aliphatic rings. The van der Waals surface area contributed by atoms with E-state index in [-0.39, 0.29) is 24.5 Å². The summed E-state index contributed by atoms with van der Waals surface area (Å²) in [5, 5.41) is 10.8. The third-order valence-corrected chi connectivity index (χ3v) is 10.9. The second-order valence-corrected chi connectivity index (χ2v) is 14.0. The fourth-order valence-corrected chi connectivity index (χ4v) is 8.36. The minimum Gasteiger partial charge on any atom is -0.488 e. The number of aryl methyl sites for hydroxylation is 1. The van der Waals surface area contributed by atoms with Gasteiger partial charge in [0.25, 0.3) is 17.7 Å². The standard InChI is InChI=1S/C35H36N4O7S/c1-20-36-17-29(47-20)34(43)37-15-14-22(18-37)46-28-12-6-7-21-13-16-38(31(40)25-10-4-5-11-26(25)35(44)45)27(30(21)28)19-39-32(41)23-8-2-3-9-24(23)33(39)42/h2-3,6-9,12,17,22,25-27H,4-5,10-11,13-16,18-19H2,1H3,(H,44,45)/t22?,25?,26-,27-/m1/s1. The molecule has 3 aromatic rings. The van der Waals surface area contributed by atoms with E-state index in [2.05, 4.69) is 4.98 Å². The second-order valence-electron chi connectivity index (χ2n) is 12.8. The quantitative estimate of drug-likeness (QED) is 0.371. The summed E-state index contributed by atoms with van der Waals surface area (Å²) in [6.45, 7) is 3.00. The highest BCUT2D eigenvalue weighted by molar-refractivity contribution is 7.13. The molecular weight excluding hydrogens is 620 g/mol. The number of hydrogen-bond acceptors (Lipinski definition) is 8. The predicted octanol–water partition coefficient (Wildman–Crippen LogP) is 4.36. The maximum atomic E-state index is 14.3. The normalized spacial score (nSPS) is 23.9. The zero-order valence-electron chi connectivity index (χ0n) is 26.1. The zero-order valence-corrected chi connectivity index (χ0v) is 26.9. The fraction of sp³-hybridized carbons (Fsp3) is 0.429. The van der Waals surface area contributed by atoms with Gasteiger partial charge in [-0.3, -0.25) is 28.9 Å². The minimum atomic E-state index is -0.977. The van der Waals surface area contributed by atoms with E-state index in [0.29, 0.717) is 72.6 Å². The lowest BCUT2D eigenvalue weighted by Gasteiger charge is -2.42. The number of hydrogen-bond donors (Lipinski definition) is 1. The lowest BCUT2D eigenvalue weighted by atomic mass is 9.77. The number of fused-ring (bicyclic) bond motifs is 2. The van der Waals surface area contributed by atoms with E-state index in [4.69, 9.17) is 4.74 Å². The monoisotopic (exact) mass is 656 g/mol. The molecule has 2 aromatic carbocycles. The van der Waals surface area contributed by atoms with Crippen molar-refractivity contribution in [2.45, 2.75) is 57.6 Å². The largest absolute Gasteiger partial charge is 0.488 e. The number of ether oxygens (including phenoxy) is 1. The van der Waals surface area contributed by atoms with E-state index < -0.39 is 35.7 Å². The number of nitrogens with zero attached hydrogens (tertiary/aromatic N) is 4. The molecule has 4 amide bonds. The van der Waals surface area contributed by atoms with Gasteiger partial charge in [-0.25, -0.2) is 4.98 Å². The fourth-order valence-electron chi connectivity index (χ4n) is 7.61. The van der Waals surface area contributed by atoms with Gasteiger partial charge in [-0.15, -0.1) is 11.3 Å². The maximum Gasteiger partial charge on any atom is 0.307 e. The lowest BCUT2D eigenvalue weighted by Crippen LogP contribution is -2.50. The van der Waals surface area contributed by atoms with Gasteiger partial charge in [0.05, 0.1) is 53.3 Å². The van der Waals surface area contributed by atoms with Gasteiger partial charge in [0, 0.05) is 25.1 Å². The zero-order chi connectivity index (χ0) is 32.8. The van der Waals surface area contributed by atoms with Crippen LogP contribution >= 0.6 is 11.3 Å². The summed E-state index contributed by atoms with van der Waals surface area (Å²) >= 11 is 1.36. The molecule has 244 valence electrons. The van der Waals surface area contributed by atoms with Crippen molar-refractivity contribution < 1.29 is 33.8 Å². The van der Waals surface area contributed by atoms with Crippen LogP contribution < -0.4 is 4.74 Å². The van der Waals surface area contributed by atoms with Crippen molar-refractivity contribution in [2.24, 2.45) is 11.8 Å². The Bertz CT molecular complexity index is 1740. The number of likely N-dealkylation sites (tertiary alicyclic amines) is 1. The molecule has 0 bridgehead atoms. The molecule has 4 atom stereocenters. The van der Waals surface area contributed by atoms with Gasteiger partial charge in [-0.05, 0) is 49.9 Å². The van der Waals surface area contributed by atoms with E-state index in [1.807, 2.05) is 25.1 Å². The number of aromatic nitrogens is 1. The summed E-state index contributed by atoms with van der Waals surface area (Å²) in [6.07, 6.45) is 4.85. The summed E-state index contributed by atoms with van der Waals surface area (Å²) in [5.41, 5.74) is 2.30. The van der Waals surface area contributed by atoms with Crippen LogP contribution in [0.4, 0.5) is 0 Å². The van der Waals surface area contributed by atoms with E-state index in [1.54, 1.807) is 40.3 Å². The smallest absolute Gasteiger partial charge is 0.307 e. The molecule has 0 radical (unpaired) electrons. The molecule has 2 fully saturated rings. The molecule has 3 aliphatic heterocycles. The van der Waals surface area contributed by atoms with Crippen molar-refractivity contribution in [2.75, 3.05) is 26.2 Å². The first-order chi connectivity index (χ1) is 22.7. The number of aliphatic carboxylic acids is 1. The van der Waals surface area contributed by atoms with Gasteiger partial charge in [-0.1, -0.05) is 37.1 Å². The number of carboxylic acids is 1. The third kappa shape index (κ3) is 5.68. The molecule has 1 saturated heterocycles. The van der Waals surface area contributed by atoms with Crippen molar-refractivity contribution in [1.82, 2.24) is 19.7 Å². The Kier molecular flexibility index (Phi) is 8.29. The minimum absolute atomic E-state index is 0.0856. The van der Waals surface area contributed by atoms with Gasteiger partial charge in [-0.2, -0.15) is 0 Å². The number of imide groups is 1. The van der Waals surface area contributed by atoms with Crippen LogP contribution in [-0.4, -0.2) is 86.7 Å². The Hall–Kier alpha value is -4.58. The average molecular weight is 657 g/mol. The van der Waals surface area contributed by atoms with E-state index in [9.17, 15) is 29.1 Å². The van der Waals surface area contributed by atoms with E-state index >= 15 is 0 Å². The summed E-state index contributed by atoms with van der Waals surface area (Å²) in [7, 11) is 0. The van der Waals surface area contributed by atoms with Crippen LogP contribution in [0.2, 0.25) is 0 Å². The Balaban J connectivity index is 1.21. The lowest BCUT2D eigenvalue weighted by molar-refractivity contribution is -0.153. The molecule has 0 spiro atoms. The van der Waals surface area contributed by atoms with Crippen LogP contribution in [-0.2, 0) is 16.0 Å². The molecule has 2 unspecified atom stereocenters. The van der Waals surface area contributed by atoms with E-state index in [0.717, 1.165) is 23.4 Å². The maximum absolute atomic E-state index is 14.3. The second kappa shape index (κ2) is 12.6. The number of carboxylic acid groups (broad SMARTS) is 1. The van der Waals surface area contributed by atoms with Crippen molar-refractivity contribution >= 4 is 40.9 Å². The van der Waals surface area contributed by atoms with Gasteiger partial charge in [0.1, 0.15) is 16.7 Å². The molecule has 1 saturated carbocycles. The molecule has 1 N–H and O–H groups in total. The Labute approximate surface area is 276 Å². The van der Waals surface area contributed by atoms with E-state index in [1.165, 1.54) is 16.2 Å². The predicted molar refractivity (Wildman–Crippen MR) is 171 cm³/mol. The van der Waals surface area contributed by atoms with Crippen LogP contribution in [0.25, 0.3) is 0 Å². The number of benzene rings is 2. The average Bonchev–Trinajstić information content (AvgIpc) is 3.80. The van der Waals surface area contributed by atoms with Gasteiger partial charge in [0.2, 0.25) is 5.91 Å². The van der Waals surface area contributed by atoms with Crippen LogP contribution in [0.15, 0.2) is 48.7 Å². The molecule has 47 heavy (non-hydrogen) atoms. The van der Waals surface area contributed by atoms with Crippen LogP contribution in [0.3, 0.4) is 0 Å². The molecule has 1 aromatic heterocycles. The molecule has 4 heterocycles. The van der Waals surface area contributed by atoms with Crippen molar-refractivity contribution in [3.8, 4) is 5.75 Å². The Morgan fingerprint density at radius 3 is 2.36 bits per heavy atom. The first-order valence-corrected chi connectivity index (χ1v) is 17.0. The van der Waals surface area contributed by atoms with Crippen LogP contribution in [0, 0.1) is 18.8 Å². The summed E-state index contributed by atoms with van der Waals surface area (Å²) in [5.74, 6) is -3.11. The molecule has 11 nitrogen and oxygen atoms in total. The first kappa shape index (κ1) is 31.0. The molecule has 1 aliphatic carbocycles. The third-order valence-electron chi connectivity index (χ3n) is 9.96. The Morgan fingerprint density at radius 2 is 1.68 bits per heavy atom. The van der Waals surface area contributed by atoms with Crippen molar-refractivity contribution in [1.29, 1.82) is 0 Å². The molecule has 7 rings (SSSR count). The SMILES string of the molecule is Cc1ncc(C(=O)N2CCC(Oc3cccc4c3[C@@H](CN3C(=O)c5ccccc5C3=O)N(C(=O)C3CCCC[C@H]3C(=O)O)CC4)C2)s1. The van der Waals surface area contributed by atoms with Crippen molar-refractivity contribution in [3.05, 3.63) is 80.8 Å². The van der Waals surface area contributed by atoms with Crippen molar-refractivity contribution in [3.63, 3.8) is 0 Å². The van der Waals surface area contributed by atoms with Gasteiger partial charge in [0.15, 0.2) is 0 Å². The highest BCUT2D eigenvalue weighted by atomic mass is 32.1. The van der Waals surface area contributed by atoms with Crippen LogP contribution in [0.1, 0.15) is 84.7 Å². The summed E-state index contributed by atoms with van der Waals surface area (Å²) in [6, 6.07) is 11.6. The number of thiazole rings is 1. The summed E-state index contributed by atoms with van der Waals surface area (Å²) < 4.78 is 6.61. The van der Waals surface area contributed by atoms with Gasteiger partial charge >= 0.3 is 5.97 Å². The number of amides is 4. The Morgan fingerprint density at radius 1 is 0.957 bits per heavy atom. The number of rotatable bonds is 7. The highest BCUT2D eigenvalue weighted by Gasteiger charge is 2.45. The van der Waals surface area contributed by atoms with Gasteiger partial charge < -0.3 is 19.6 Å². The highest BCUT2D eigenvalue weighted by Crippen LogP contribution is 2.42. The number of carbonyl (C=O) groups is 5. The molecular formula is C35H36N4O7S. The topological polar surface area (TPSA) is 137 Å².